The average molecular weight is 354 g/mol. The van der Waals surface area contributed by atoms with Crippen LogP contribution in [0.4, 0.5) is 14.5 Å². The first kappa shape index (κ1) is 18.2. The Hall–Kier alpha value is -2.19. The molecular formula is C16H16F2N2O3S. The number of aromatic nitrogens is 1. The predicted octanol–water partition coefficient (Wildman–Crippen LogP) is 3.41. The van der Waals surface area contributed by atoms with Crippen LogP contribution in [0.25, 0.3) is 0 Å². The molecule has 0 bridgehead atoms. The Labute approximate surface area is 142 Å². The summed E-state index contributed by atoms with van der Waals surface area (Å²) < 4.78 is 28.5. The summed E-state index contributed by atoms with van der Waals surface area (Å²) in [4.78, 5) is 17.1. The molecule has 128 valence electrons. The Balaban J connectivity index is 2.04. The number of nitrogens with zero attached hydrogens (tertiary/aromatic N) is 1. The van der Waals surface area contributed by atoms with E-state index in [4.69, 9.17) is 5.11 Å². The maximum atomic E-state index is 12.3. The highest BCUT2D eigenvalue weighted by Crippen LogP contribution is 2.27. The lowest BCUT2D eigenvalue weighted by atomic mass is 10.2. The van der Waals surface area contributed by atoms with Gasteiger partial charge in [0.1, 0.15) is 5.75 Å². The standard InChI is InChI=1S/C16H16F2N2O3S/c17-16(18)23-12-4-2-11(3-5-12)15(22)20-13-10-19-7-6-14(13)24-9-1-8-21/h2-7,10,16,21H,1,8-9H2,(H,20,22). The third-order valence-corrected chi connectivity index (χ3v) is 4.09. The molecule has 1 heterocycles. The van der Waals surface area contributed by atoms with Crippen LogP contribution in [0.15, 0.2) is 47.6 Å². The van der Waals surface area contributed by atoms with E-state index in [1.807, 2.05) is 0 Å². The van der Waals surface area contributed by atoms with Gasteiger partial charge in [0.15, 0.2) is 0 Å². The molecule has 1 aromatic carbocycles. The van der Waals surface area contributed by atoms with Gasteiger partial charge >= 0.3 is 6.61 Å². The van der Waals surface area contributed by atoms with Gasteiger partial charge in [-0.25, -0.2) is 0 Å². The zero-order valence-corrected chi connectivity index (χ0v) is 13.4. The quantitative estimate of drug-likeness (QED) is 0.561. The number of nitrogens with one attached hydrogen (secondary N) is 1. The second kappa shape index (κ2) is 9.19. The summed E-state index contributed by atoms with van der Waals surface area (Å²) in [6, 6.07) is 7.20. The number of anilines is 1. The van der Waals surface area contributed by atoms with Crippen LogP contribution in [0, 0.1) is 0 Å². The number of pyridine rings is 1. The lowest BCUT2D eigenvalue weighted by molar-refractivity contribution is -0.0498. The first-order valence-corrected chi connectivity index (χ1v) is 8.12. The van der Waals surface area contributed by atoms with Gasteiger partial charge in [0.05, 0.1) is 11.9 Å². The van der Waals surface area contributed by atoms with Crippen LogP contribution in [-0.4, -0.2) is 35.0 Å². The number of thioether (sulfide) groups is 1. The molecule has 0 spiro atoms. The fourth-order valence-electron chi connectivity index (χ4n) is 1.83. The van der Waals surface area contributed by atoms with E-state index in [1.165, 1.54) is 42.2 Å². The number of hydrogen-bond donors (Lipinski definition) is 2. The molecule has 5 nitrogen and oxygen atoms in total. The summed E-state index contributed by atoms with van der Waals surface area (Å²) in [6.45, 7) is -2.80. The summed E-state index contributed by atoms with van der Waals surface area (Å²) in [5, 5.41) is 11.6. The lowest BCUT2D eigenvalue weighted by Gasteiger charge is -2.10. The van der Waals surface area contributed by atoms with Crippen molar-refractivity contribution in [3.8, 4) is 5.75 Å². The van der Waals surface area contributed by atoms with Gasteiger partial charge in [-0.1, -0.05) is 0 Å². The largest absolute Gasteiger partial charge is 0.435 e. The van der Waals surface area contributed by atoms with Gasteiger partial charge in [-0.05, 0) is 36.8 Å². The molecule has 0 aliphatic rings. The van der Waals surface area contributed by atoms with E-state index in [2.05, 4.69) is 15.0 Å². The Morgan fingerprint density at radius 3 is 2.71 bits per heavy atom. The van der Waals surface area contributed by atoms with E-state index in [-0.39, 0.29) is 18.3 Å². The van der Waals surface area contributed by atoms with Crippen LogP contribution in [0.2, 0.25) is 0 Å². The highest BCUT2D eigenvalue weighted by atomic mass is 32.2. The van der Waals surface area contributed by atoms with Gasteiger partial charge in [0, 0.05) is 29.0 Å². The fraction of sp³-hybridized carbons (Fsp3) is 0.250. The normalized spacial score (nSPS) is 10.7. The van der Waals surface area contributed by atoms with Gasteiger partial charge in [-0.3, -0.25) is 9.78 Å². The average Bonchev–Trinajstić information content (AvgIpc) is 2.56. The molecule has 0 aliphatic carbocycles. The number of ether oxygens (including phenoxy) is 1. The van der Waals surface area contributed by atoms with Crippen molar-refractivity contribution in [2.45, 2.75) is 17.9 Å². The first-order chi connectivity index (χ1) is 11.6. The Kier molecular flexibility index (Phi) is 6.95. The summed E-state index contributed by atoms with van der Waals surface area (Å²) in [5.41, 5.74) is 0.866. The molecule has 0 atom stereocenters. The molecule has 24 heavy (non-hydrogen) atoms. The maximum Gasteiger partial charge on any atom is 0.387 e. The number of aliphatic hydroxyl groups excluding tert-OH is 1. The molecule has 1 aromatic heterocycles. The molecule has 2 aromatic rings. The number of carbonyl (C=O) groups is 1. The fourth-order valence-corrected chi connectivity index (χ4v) is 2.74. The summed E-state index contributed by atoms with van der Waals surface area (Å²) in [7, 11) is 0. The predicted molar refractivity (Wildman–Crippen MR) is 87.7 cm³/mol. The molecule has 8 heteroatoms. The summed E-state index contributed by atoms with van der Waals surface area (Å²) in [5.74, 6) is 0.321. The second-order valence-corrected chi connectivity index (χ2v) is 5.79. The number of halogens is 2. The van der Waals surface area contributed by atoms with E-state index in [1.54, 1.807) is 12.3 Å². The van der Waals surface area contributed by atoms with Crippen molar-refractivity contribution >= 4 is 23.4 Å². The number of rotatable bonds is 8. The molecule has 0 saturated heterocycles. The number of amides is 1. The first-order valence-electron chi connectivity index (χ1n) is 7.14. The van der Waals surface area contributed by atoms with E-state index >= 15 is 0 Å². The Morgan fingerprint density at radius 1 is 1.29 bits per heavy atom. The molecule has 1 amide bonds. The van der Waals surface area contributed by atoms with Crippen molar-refractivity contribution in [2.24, 2.45) is 0 Å². The van der Waals surface area contributed by atoms with Crippen molar-refractivity contribution in [3.05, 3.63) is 48.3 Å². The van der Waals surface area contributed by atoms with E-state index in [0.29, 0.717) is 23.4 Å². The minimum Gasteiger partial charge on any atom is -0.435 e. The van der Waals surface area contributed by atoms with Gasteiger partial charge < -0.3 is 15.2 Å². The monoisotopic (exact) mass is 354 g/mol. The van der Waals surface area contributed by atoms with Crippen molar-refractivity contribution in [1.29, 1.82) is 0 Å². The van der Waals surface area contributed by atoms with E-state index < -0.39 is 6.61 Å². The summed E-state index contributed by atoms with van der Waals surface area (Å²) >= 11 is 1.50. The van der Waals surface area contributed by atoms with Gasteiger partial charge in [-0.15, -0.1) is 11.8 Å². The lowest BCUT2D eigenvalue weighted by Crippen LogP contribution is -2.13. The smallest absolute Gasteiger partial charge is 0.387 e. The van der Waals surface area contributed by atoms with Crippen molar-refractivity contribution in [3.63, 3.8) is 0 Å². The van der Waals surface area contributed by atoms with Gasteiger partial charge in [0.25, 0.3) is 5.91 Å². The van der Waals surface area contributed by atoms with Crippen LogP contribution in [0.1, 0.15) is 16.8 Å². The SMILES string of the molecule is O=C(Nc1cnccc1SCCCO)c1ccc(OC(F)F)cc1. The topological polar surface area (TPSA) is 71.5 Å². The summed E-state index contributed by atoms with van der Waals surface area (Å²) in [6.07, 6.45) is 3.80. The highest BCUT2D eigenvalue weighted by molar-refractivity contribution is 7.99. The zero-order chi connectivity index (χ0) is 17.4. The third kappa shape index (κ3) is 5.47. The molecule has 0 saturated carbocycles. The number of carbonyl (C=O) groups excluding carboxylic acids is 1. The van der Waals surface area contributed by atoms with Crippen molar-refractivity contribution < 1.29 is 23.4 Å². The Bertz CT molecular complexity index is 669. The number of aliphatic hydroxyl groups is 1. The number of alkyl halides is 2. The third-order valence-electron chi connectivity index (χ3n) is 2.93. The van der Waals surface area contributed by atoms with Crippen molar-refractivity contribution in [2.75, 3.05) is 17.7 Å². The van der Waals surface area contributed by atoms with E-state index in [0.717, 1.165) is 4.90 Å². The minimum absolute atomic E-state index is 0.0109. The Morgan fingerprint density at radius 2 is 2.04 bits per heavy atom. The zero-order valence-electron chi connectivity index (χ0n) is 12.6. The van der Waals surface area contributed by atoms with Crippen LogP contribution < -0.4 is 10.1 Å². The maximum absolute atomic E-state index is 12.3. The molecule has 2 N–H and O–H groups in total. The van der Waals surface area contributed by atoms with Crippen LogP contribution in [-0.2, 0) is 0 Å². The molecule has 0 unspecified atom stereocenters. The molecule has 0 aliphatic heterocycles. The van der Waals surface area contributed by atoms with Gasteiger partial charge in [-0.2, -0.15) is 8.78 Å². The molecule has 0 fully saturated rings. The van der Waals surface area contributed by atoms with E-state index in [9.17, 15) is 13.6 Å². The highest BCUT2D eigenvalue weighted by Gasteiger charge is 2.11. The molecule has 2 rings (SSSR count). The molecular weight excluding hydrogens is 338 g/mol. The molecule has 0 radical (unpaired) electrons. The van der Waals surface area contributed by atoms with Crippen molar-refractivity contribution in [1.82, 2.24) is 4.98 Å². The van der Waals surface area contributed by atoms with Crippen LogP contribution in [0.5, 0.6) is 5.75 Å². The van der Waals surface area contributed by atoms with Gasteiger partial charge in [0.2, 0.25) is 0 Å². The second-order valence-electron chi connectivity index (χ2n) is 4.65. The number of hydrogen-bond acceptors (Lipinski definition) is 5. The minimum atomic E-state index is -2.90. The van der Waals surface area contributed by atoms with Crippen LogP contribution in [0.3, 0.4) is 0 Å². The number of benzene rings is 1. The van der Waals surface area contributed by atoms with Crippen LogP contribution >= 0.6 is 11.8 Å².